The first-order valence-corrected chi connectivity index (χ1v) is 5.35. The molecule has 0 bridgehead atoms. The van der Waals surface area contributed by atoms with Gasteiger partial charge in [-0.25, -0.2) is 4.79 Å². The molecule has 0 radical (unpaired) electrons. The van der Waals surface area contributed by atoms with E-state index in [0.29, 0.717) is 12.4 Å². The minimum Gasteiger partial charge on any atom is -0.493 e. The summed E-state index contributed by atoms with van der Waals surface area (Å²) >= 11 is 0. The fraction of sp³-hybridized carbons (Fsp3) is 0.462. The van der Waals surface area contributed by atoms with Crippen LogP contribution in [0.2, 0.25) is 0 Å². The number of carbonyl (C=O) groups is 1. The molecule has 3 nitrogen and oxygen atoms in total. The molecule has 0 aromatic heterocycles. The van der Waals surface area contributed by atoms with E-state index >= 15 is 0 Å². The van der Waals surface area contributed by atoms with Crippen molar-refractivity contribution in [1.82, 2.24) is 0 Å². The summed E-state index contributed by atoms with van der Waals surface area (Å²) in [5, 5.41) is 8.94. The molecule has 1 aromatic rings. The molecule has 0 saturated carbocycles. The molecular formula is C13H18O3. The number of aromatic carboxylic acids is 1. The van der Waals surface area contributed by atoms with Crippen molar-refractivity contribution < 1.29 is 14.6 Å². The van der Waals surface area contributed by atoms with Crippen molar-refractivity contribution in [3.63, 3.8) is 0 Å². The molecule has 16 heavy (non-hydrogen) atoms. The summed E-state index contributed by atoms with van der Waals surface area (Å²) in [6.07, 6.45) is 0.890. The number of rotatable bonds is 4. The van der Waals surface area contributed by atoms with E-state index in [1.165, 1.54) is 0 Å². The average Bonchev–Trinajstić information content (AvgIpc) is 2.16. The zero-order chi connectivity index (χ0) is 12.2. The Balaban J connectivity index is 2.64. The van der Waals surface area contributed by atoms with Gasteiger partial charge in [0.25, 0.3) is 0 Å². The van der Waals surface area contributed by atoms with Gasteiger partial charge < -0.3 is 9.84 Å². The van der Waals surface area contributed by atoms with Crippen molar-refractivity contribution in [2.45, 2.75) is 27.2 Å². The van der Waals surface area contributed by atoms with Gasteiger partial charge in [0, 0.05) is 0 Å². The quantitative estimate of drug-likeness (QED) is 0.850. The zero-order valence-corrected chi connectivity index (χ0v) is 9.99. The SMILES string of the molecule is CC(C)(C)CCOc1ccccc1C(=O)O. The molecule has 88 valence electrons. The van der Waals surface area contributed by atoms with Crippen molar-refractivity contribution in [3.8, 4) is 5.75 Å². The molecule has 0 aliphatic rings. The predicted molar refractivity (Wildman–Crippen MR) is 63.0 cm³/mol. The van der Waals surface area contributed by atoms with Crippen LogP contribution in [-0.2, 0) is 0 Å². The Morgan fingerprint density at radius 3 is 2.50 bits per heavy atom. The molecule has 3 heteroatoms. The van der Waals surface area contributed by atoms with E-state index in [-0.39, 0.29) is 11.0 Å². The summed E-state index contributed by atoms with van der Waals surface area (Å²) in [4.78, 5) is 10.9. The third kappa shape index (κ3) is 3.93. The summed E-state index contributed by atoms with van der Waals surface area (Å²) in [6.45, 7) is 6.91. The normalized spacial score (nSPS) is 11.2. The van der Waals surface area contributed by atoms with Gasteiger partial charge in [0.05, 0.1) is 6.61 Å². The second-order valence-corrected chi connectivity index (χ2v) is 4.96. The van der Waals surface area contributed by atoms with Crippen LogP contribution in [-0.4, -0.2) is 17.7 Å². The number of carboxylic acid groups (broad SMARTS) is 1. The van der Waals surface area contributed by atoms with Crippen LogP contribution in [0.1, 0.15) is 37.6 Å². The highest BCUT2D eigenvalue weighted by Crippen LogP contribution is 2.21. The van der Waals surface area contributed by atoms with E-state index in [9.17, 15) is 4.79 Å². The lowest BCUT2D eigenvalue weighted by atomic mass is 9.93. The summed E-state index contributed by atoms with van der Waals surface area (Å²) < 4.78 is 5.49. The Bertz CT molecular complexity index is 364. The monoisotopic (exact) mass is 222 g/mol. The van der Waals surface area contributed by atoms with Gasteiger partial charge in [0.15, 0.2) is 0 Å². The van der Waals surface area contributed by atoms with Gasteiger partial charge in [-0.2, -0.15) is 0 Å². The summed E-state index contributed by atoms with van der Waals surface area (Å²) in [5.41, 5.74) is 0.412. The van der Waals surface area contributed by atoms with Gasteiger partial charge in [-0.1, -0.05) is 32.9 Å². The summed E-state index contributed by atoms with van der Waals surface area (Å²) in [7, 11) is 0. The standard InChI is InChI=1S/C13H18O3/c1-13(2,3)8-9-16-11-7-5-4-6-10(11)12(14)15/h4-7H,8-9H2,1-3H3,(H,14,15). The fourth-order valence-electron chi connectivity index (χ4n) is 1.24. The van der Waals surface area contributed by atoms with Crippen LogP contribution in [0.15, 0.2) is 24.3 Å². The zero-order valence-electron chi connectivity index (χ0n) is 9.99. The van der Waals surface area contributed by atoms with Crippen LogP contribution in [0, 0.1) is 5.41 Å². The Labute approximate surface area is 96.1 Å². The first kappa shape index (κ1) is 12.6. The second-order valence-electron chi connectivity index (χ2n) is 4.96. The smallest absolute Gasteiger partial charge is 0.339 e. The fourth-order valence-corrected chi connectivity index (χ4v) is 1.24. The molecule has 1 rings (SSSR count). The van der Waals surface area contributed by atoms with E-state index in [2.05, 4.69) is 20.8 Å². The van der Waals surface area contributed by atoms with Crippen LogP contribution in [0.3, 0.4) is 0 Å². The maximum Gasteiger partial charge on any atom is 0.339 e. The van der Waals surface area contributed by atoms with Crippen molar-refractivity contribution in [2.75, 3.05) is 6.61 Å². The molecule has 0 atom stereocenters. The van der Waals surface area contributed by atoms with Crippen LogP contribution in [0.4, 0.5) is 0 Å². The Morgan fingerprint density at radius 2 is 1.94 bits per heavy atom. The Morgan fingerprint density at radius 1 is 1.31 bits per heavy atom. The van der Waals surface area contributed by atoms with Gasteiger partial charge in [-0.3, -0.25) is 0 Å². The lowest BCUT2D eigenvalue weighted by molar-refractivity contribution is 0.0692. The van der Waals surface area contributed by atoms with Crippen molar-refractivity contribution in [2.24, 2.45) is 5.41 Å². The van der Waals surface area contributed by atoms with Gasteiger partial charge in [-0.05, 0) is 24.0 Å². The summed E-state index contributed by atoms with van der Waals surface area (Å²) in [6, 6.07) is 6.71. The maximum absolute atomic E-state index is 10.9. The van der Waals surface area contributed by atoms with Crippen molar-refractivity contribution in [3.05, 3.63) is 29.8 Å². The number of ether oxygens (including phenoxy) is 1. The highest BCUT2D eigenvalue weighted by molar-refractivity contribution is 5.90. The third-order valence-electron chi connectivity index (χ3n) is 2.23. The molecular weight excluding hydrogens is 204 g/mol. The average molecular weight is 222 g/mol. The topological polar surface area (TPSA) is 46.5 Å². The van der Waals surface area contributed by atoms with E-state index in [0.717, 1.165) is 6.42 Å². The van der Waals surface area contributed by atoms with E-state index < -0.39 is 5.97 Å². The number of carboxylic acids is 1. The molecule has 0 unspecified atom stereocenters. The molecule has 0 amide bonds. The predicted octanol–water partition coefficient (Wildman–Crippen LogP) is 3.20. The highest BCUT2D eigenvalue weighted by Gasteiger charge is 2.13. The van der Waals surface area contributed by atoms with E-state index in [1.807, 2.05) is 0 Å². The van der Waals surface area contributed by atoms with E-state index in [1.54, 1.807) is 24.3 Å². The first-order valence-electron chi connectivity index (χ1n) is 5.35. The molecule has 0 spiro atoms. The Kier molecular flexibility index (Phi) is 3.93. The minimum absolute atomic E-state index is 0.193. The molecule has 1 N–H and O–H groups in total. The van der Waals surface area contributed by atoms with Crippen LogP contribution in [0.5, 0.6) is 5.75 Å². The van der Waals surface area contributed by atoms with Gasteiger partial charge >= 0.3 is 5.97 Å². The third-order valence-corrected chi connectivity index (χ3v) is 2.23. The number of hydrogen-bond acceptors (Lipinski definition) is 2. The molecule has 1 aromatic carbocycles. The lowest BCUT2D eigenvalue weighted by Crippen LogP contribution is -2.12. The van der Waals surface area contributed by atoms with E-state index in [4.69, 9.17) is 9.84 Å². The lowest BCUT2D eigenvalue weighted by Gasteiger charge is -2.18. The second kappa shape index (κ2) is 5.01. The highest BCUT2D eigenvalue weighted by atomic mass is 16.5. The summed E-state index contributed by atoms with van der Waals surface area (Å²) in [5.74, 6) is -0.509. The molecule has 0 saturated heterocycles. The van der Waals surface area contributed by atoms with Gasteiger partial charge in [0.2, 0.25) is 0 Å². The number of hydrogen-bond donors (Lipinski definition) is 1. The molecule has 0 fully saturated rings. The number of para-hydroxylation sites is 1. The van der Waals surface area contributed by atoms with Crippen molar-refractivity contribution >= 4 is 5.97 Å². The van der Waals surface area contributed by atoms with Crippen LogP contribution < -0.4 is 4.74 Å². The number of benzene rings is 1. The van der Waals surface area contributed by atoms with Crippen molar-refractivity contribution in [1.29, 1.82) is 0 Å². The Hall–Kier alpha value is -1.51. The van der Waals surface area contributed by atoms with Crippen LogP contribution in [0.25, 0.3) is 0 Å². The molecule has 0 aliphatic heterocycles. The van der Waals surface area contributed by atoms with Gasteiger partial charge in [-0.15, -0.1) is 0 Å². The van der Waals surface area contributed by atoms with Gasteiger partial charge in [0.1, 0.15) is 11.3 Å². The molecule has 0 aliphatic carbocycles. The largest absolute Gasteiger partial charge is 0.493 e. The molecule has 0 heterocycles. The van der Waals surface area contributed by atoms with Crippen LogP contribution >= 0.6 is 0 Å². The maximum atomic E-state index is 10.9. The minimum atomic E-state index is -0.952. The first-order chi connectivity index (χ1) is 7.40.